The highest BCUT2D eigenvalue weighted by molar-refractivity contribution is 5.93. The number of benzene rings is 3. The number of hydrogen-bond acceptors (Lipinski definition) is 6. The van der Waals surface area contributed by atoms with Gasteiger partial charge in [0.1, 0.15) is 30.8 Å². The van der Waals surface area contributed by atoms with Crippen LogP contribution in [0, 0.1) is 11.8 Å². The molecule has 3 N–H and O–H groups in total. The zero-order valence-corrected chi connectivity index (χ0v) is 25.3. The van der Waals surface area contributed by atoms with Crippen LogP contribution in [-0.2, 0) is 36.9 Å². The molecule has 3 amide bonds. The second kappa shape index (κ2) is 15.8. The van der Waals surface area contributed by atoms with Crippen LogP contribution in [0.15, 0.2) is 72.8 Å². The Kier molecular flexibility index (Phi) is 11.6. The Morgan fingerprint density at radius 2 is 1.59 bits per heavy atom. The largest absolute Gasteiger partial charge is 0.445 e. The number of alkyl carbamates (subject to hydrolysis) is 1. The summed E-state index contributed by atoms with van der Waals surface area (Å²) in [6, 6.07) is 19.9. The van der Waals surface area contributed by atoms with E-state index >= 15 is 0 Å². The minimum atomic E-state index is -1.05. The first kappa shape index (κ1) is 32.4. The van der Waals surface area contributed by atoms with Crippen LogP contribution in [0.1, 0.15) is 57.1 Å². The zero-order chi connectivity index (χ0) is 31.5. The van der Waals surface area contributed by atoms with Gasteiger partial charge >= 0.3 is 6.09 Å². The fourth-order valence-corrected chi connectivity index (χ4v) is 5.66. The second-order valence-electron chi connectivity index (χ2n) is 11.8. The van der Waals surface area contributed by atoms with Gasteiger partial charge in [-0.2, -0.15) is 0 Å². The van der Waals surface area contributed by atoms with Crippen molar-refractivity contribution in [3.05, 3.63) is 83.9 Å². The van der Waals surface area contributed by atoms with E-state index in [2.05, 4.69) is 16.0 Å². The Morgan fingerprint density at radius 3 is 2.30 bits per heavy atom. The Hall–Kier alpha value is -4.53. The first-order valence-electron chi connectivity index (χ1n) is 15.3. The van der Waals surface area contributed by atoms with Gasteiger partial charge in [0.05, 0.1) is 6.04 Å². The van der Waals surface area contributed by atoms with E-state index in [0.29, 0.717) is 25.5 Å². The van der Waals surface area contributed by atoms with Crippen molar-refractivity contribution >= 4 is 40.7 Å². The summed E-state index contributed by atoms with van der Waals surface area (Å²) >= 11 is 0. The molecule has 9 nitrogen and oxygen atoms in total. The zero-order valence-electron chi connectivity index (χ0n) is 25.3. The van der Waals surface area contributed by atoms with Gasteiger partial charge in [0.2, 0.25) is 11.8 Å². The molecule has 0 bridgehead atoms. The van der Waals surface area contributed by atoms with Gasteiger partial charge in [0.15, 0.2) is 0 Å². The fourth-order valence-electron chi connectivity index (χ4n) is 5.66. The third kappa shape index (κ3) is 9.23. The first-order valence-corrected chi connectivity index (χ1v) is 15.3. The van der Waals surface area contributed by atoms with Gasteiger partial charge in [0.25, 0.3) is 0 Å². The molecule has 3 aromatic rings. The molecule has 1 aliphatic carbocycles. The molecule has 0 heterocycles. The van der Waals surface area contributed by atoms with Gasteiger partial charge in [-0.25, -0.2) is 4.79 Å². The molecular formula is C35H41N3O6. The maximum atomic E-state index is 13.8. The first-order chi connectivity index (χ1) is 21.2. The highest BCUT2D eigenvalue weighted by atomic mass is 16.5. The Morgan fingerprint density at radius 1 is 0.886 bits per heavy atom. The molecule has 0 unspecified atom stereocenters. The number of carbonyl (C=O) groups excluding carboxylic acids is 5. The van der Waals surface area contributed by atoms with Crippen molar-refractivity contribution in [2.24, 2.45) is 11.8 Å². The highest BCUT2D eigenvalue weighted by Crippen LogP contribution is 2.25. The molecule has 0 aromatic heterocycles. The van der Waals surface area contributed by atoms with Gasteiger partial charge in [-0.05, 0) is 53.5 Å². The summed E-state index contributed by atoms with van der Waals surface area (Å²) in [7, 11) is 0. The van der Waals surface area contributed by atoms with Crippen LogP contribution >= 0.6 is 0 Å². The minimum Gasteiger partial charge on any atom is -0.445 e. The number of ether oxygens (including phenoxy) is 1. The standard InChI is InChI=1S/C35H41N3O6/c1-23(2)18-30(33(41)36-28(21-39)19-27-15-9-17-32(27)40)37-34(42)31(38-35(43)44-22-24-10-4-3-5-11-24)20-26-14-8-13-25-12-6-7-16-29(25)26/h3-8,10-14,16,21,23,27-28,30-31H,9,15,17-20,22H2,1-2H3,(H,36,41)(H,37,42)(H,38,43)/t27-,28-,30-,31-/m0/s1. The lowest BCUT2D eigenvalue weighted by molar-refractivity contribution is -0.131. The summed E-state index contributed by atoms with van der Waals surface area (Å²) in [5.74, 6) is -1.16. The van der Waals surface area contributed by atoms with Gasteiger partial charge in [0, 0.05) is 18.8 Å². The number of ketones is 1. The van der Waals surface area contributed by atoms with Crippen LogP contribution in [0.25, 0.3) is 10.8 Å². The fraction of sp³-hybridized carbons (Fsp3) is 0.400. The van der Waals surface area contributed by atoms with Crippen molar-refractivity contribution in [1.82, 2.24) is 16.0 Å². The molecular weight excluding hydrogens is 558 g/mol. The number of nitrogens with one attached hydrogen (secondary N) is 3. The van der Waals surface area contributed by atoms with E-state index in [1.807, 2.05) is 86.6 Å². The third-order valence-corrected chi connectivity index (χ3v) is 7.93. The molecule has 1 fully saturated rings. The molecule has 0 radical (unpaired) electrons. The molecule has 0 spiro atoms. The molecule has 232 valence electrons. The lowest BCUT2D eigenvalue weighted by atomic mass is 9.96. The van der Waals surface area contributed by atoms with E-state index < -0.39 is 36.0 Å². The van der Waals surface area contributed by atoms with Gasteiger partial charge in [-0.3, -0.25) is 14.4 Å². The summed E-state index contributed by atoms with van der Waals surface area (Å²) in [5.41, 5.74) is 1.65. The third-order valence-electron chi connectivity index (χ3n) is 7.93. The van der Waals surface area contributed by atoms with Gasteiger partial charge < -0.3 is 25.5 Å². The molecule has 4 rings (SSSR count). The molecule has 3 aromatic carbocycles. The second-order valence-corrected chi connectivity index (χ2v) is 11.8. The maximum absolute atomic E-state index is 13.8. The Balaban J connectivity index is 1.50. The van der Waals surface area contributed by atoms with Crippen LogP contribution < -0.4 is 16.0 Å². The van der Waals surface area contributed by atoms with E-state index in [0.717, 1.165) is 28.3 Å². The lowest BCUT2D eigenvalue weighted by Crippen LogP contribution is -2.56. The van der Waals surface area contributed by atoms with Crippen LogP contribution in [0.5, 0.6) is 0 Å². The molecule has 44 heavy (non-hydrogen) atoms. The normalized spacial score (nSPS) is 16.6. The molecule has 0 aliphatic heterocycles. The van der Waals surface area contributed by atoms with Gasteiger partial charge in [-0.1, -0.05) is 86.6 Å². The summed E-state index contributed by atoms with van der Waals surface area (Å²) in [6.07, 6.45) is 2.58. The predicted octanol–water partition coefficient (Wildman–Crippen LogP) is 4.65. The van der Waals surface area contributed by atoms with Gasteiger partial charge in [-0.15, -0.1) is 0 Å². The monoisotopic (exact) mass is 599 g/mol. The minimum absolute atomic E-state index is 0.0320. The molecule has 0 saturated heterocycles. The number of rotatable bonds is 14. The van der Waals surface area contributed by atoms with E-state index in [9.17, 15) is 24.0 Å². The number of fused-ring (bicyclic) bond motifs is 1. The van der Waals surface area contributed by atoms with E-state index in [1.165, 1.54) is 0 Å². The number of aldehydes is 1. The SMILES string of the molecule is CC(C)C[C@H](NC(=O)[C@H](Cc1cccc2ccccc12)NC(=O)OCc1ccccc1)C(=O)N[C@H](C=O)C[C@@H]1CCCC1=O. The van der Waals surface area contributed by atoms with Crippen LogP contribution in [0.2, 0.25) is 0 Å². The van der Waals surface area contributed by atoms with Crippen molar-refractivity contribution in [2.45, 2.75) is 77.1 Å². The summed E-state index contributed by atoms with van der Waals surface area (Å²) in [4.78, 5) is 64.0. The van der Waals surface area contributed by atoms with Crippen molar-refractivity contribution in [1.29, 1.82) is 0 Å². The quantitative estimate of drug-likeness (QED) is 0.231. The predicted molar refractivity (Wildman–Crippen MR) is 168 cm³/mol. The molecule has 1 aliphatic rings. The van der Waals surface area contributed by atoms with Crippen molar-refractivity contribution < 1.29 is 28.7 Å². The van der Waals surface area contributed by atoms with Crippen LogP contribution in [-0.4, -0.2) is 48.1 Å². The smallest absolute Gasteiger partial charge is 0.408 e. The Labute approximate surface area is 258 Å². The number of Topliss-reactive ketones (excluding diaryl/α,β-unsaturated/α-hetero) is 1. The topological polar surface area (TPSA) is 131 Å². The van der Waals surface area contributed by atoms with Crippen LogP contribution in [0.3, 0.4) is 0 Å². The number of carbonyl (C=O) groups is 5. The Bertz CT molecular complexity index is 1450. The van der Waals surface area contributed by atoms with Crippen LogP contribution in [0.4, 0.5) is 4.79 Å². The molecule has 4 atom stereocenters. The molecule has 1 saturated carbocycles. The van der Waals surface area contributed by atoms with E-state index in [-0.39, 0.29) is 37.1 Å². The summed E-state index contributed by atoms with van der Waals surface area (Å²) < 4.78 is 5.41. The number of hydrogen-bond donors (Lipinski definition) is 3. The summed E-state index contributed by atoms with van der Waals surface area (Å²) in [5, 5.41) is 10.2. The lowest BCUT2D eigenvalue weighted by Gasteiger charge is -2.26. The summed E-state index contributed by atoms with van der Waals surface area (Å²) in [6.45, 7) is 3.88. The average molecular weight is 600 g/mol. The van der Waals surface area contributed by atoms with Crippen molar-refractivity contribution in [2.75, 3.05) is 0 Å². The average Bonchev–Trinajstić information content (AvgIpc) is 3.43. The molecule has 9 heteroatoms. The van der Waals surface area contributed by atoms with Crippen molar-refractivity contribution in [3.8, 4) is 0 Å². The maximum Gasteiger partial charge on any atom is 0.408 e. The number of amides is 3. The van der Waals surface area contributed by atoms with E-state index in [1.54, 1.807) is 0 Å². The van der Waals surface area contributed by atoms with E-state index in [4.69, 9.17) is 4.74 Å². The van der Waals surface area contributed by atoms with Crippen molar-refractivity contribution in [3.63, 3.8) is 0 Å². The highest BCUT2D eigenvalue weighted by Gasteiger charge is 2.32.